The Morgan fingerprint density at radius 2 is 1.67 bits per heavy atom. The third-order valence-corrected chi connectivity index (χ3v) is 7.65. The van der Waals surface area contributed by atoms with E-state index in [1.54, 1.807) is 55.5 Å². The summed E-state index contributed by atoms with van der Waals surface area (Å²) in [7, 11) is 0. The highest BCUT2D eigenvalue weighted by atomic mass is 32.1. The molecule has 1 amide bonds. The van der Waals surface area contributed by atoms with E-state index in [9.17, 15) is 19.5 Å². The Kier molecular flexibility index (Phi) is 10.1. The first-order valence-electron chi connectivity index (χ1n) is 13.8. The van der Waals surface area contributed by atoms with Gasteiger partial charge in [0.1, 0.15) is 28.7 Å². The van der Waals surface area contributed by atoms with Crippen LogP contribution in [0.2, 0.25) is 0 Å². The molecule has 4 rings (SSSR count). The molecule has 1 saturated heterocycles. The molecular formula is C32H34N2O7S. The molecule has 0 spiro atoms. The largest absolute Gasteiger partial charge is 0.507 e. The molecule has 1 aliphatic heterocycles. The maximum absolute atomic E-state index is 13.5. The summed E-state index contributed by atoms with van der Waals surface area (Å²) in [5.41, 5.74) is 1.17. The number of nitrogens with zero attached hydrogens (tertiary/aromatic N) is 2. The van der Waals surface area contributed by atoms with Crippen LogP contribution in [0, 0.1) is 6.92 Å². The van der Waals surface area contributed by atoms with Gasteiger partial charge in [-0.1, -0.05) is 56.4 Å². The highest BCUT2D eigenvalue weighted by molar-refractivity contribution is 7.17. The van der Waals surface area contributed by atoms with Gasteiger partial charge in [-0.3, -0.25) is 14.5 Å². The molecule has 9 nitrogen and oxygen atoms in total. The smallest absolute Gasteiger partial charge is 0.350 e. The van der Waals surface area contributed by atoms with Crippen LogP contribution in [0.15, 0.2) is 66.8 Å². The number of aromatic nitrogens is 1. The first kappa shape index (κ1) is 30.5. The van der Waals surface area contributed by atoms with Gasteiger partial charge in [-0.15, -0.1) is 0 Å². The van der Waals surface area contributed by atoms with Crippen molar-refractivity contribution in [3.8, 4) is 11.5 Å². The molecule has 220 valence electrons. The van der Waals surface area contributed by atoms with Crippen molar-refractivity contribution in [2.24, 2.45) is 0 Å². The van der Waals surface area contributed by atoms with E-state index in [2.05, 4.69) is 18.5 Å². The summed E-state index contributed by atoms with van der Waals surface area (Å²) in [6, 6.07) is 12.7. The van der Waals surface area contributed by atoms with E-state index >= 15 is 0 Å². The lowest BCUT2D eigenvalue weighted by Gasteiger charge is -2.23. The number of hydrogen-bond donors (Lipinski definition) is 1. The van der Waals surface area contributed by atoms with Crippen LogP contribution >= 0.6 is 11.3 Å². The van der Waals surface area contributed by atoms with Crippen molar-refractivity contribution in [1.29, 1.82) is 0 Å². The van der Waals surface area contributed by atoms with Crippen molar-refractivity contribution < 1.29 is 33.7 Å². The number of Topliss-reactive ketones (excluding diaryl/α,β-unsaturated/α-hetero) is 1. The molecule has 0 unspecified atom stereocenters. The van der Waals surface area contributed by atoms with Gasteiger partial charge in [-0.05, 0) is 61.7 Å². The fraction of sp³-hybridized carbons (Fsp3) is 0.312. The summed E-state index contributed by atoms with van der Waals surface area (Å²) in [6.07, 6.45) is 4.20. The number of esters is 1. The van der Waals surface area contributed by atoms with Gasteiger partial charge in [-0.25, -0.2) is 9.78 Å². The molecule has 0 radical (unpaired) electrons. The van der Waals surface area contributed by atoms with Crippen LogP contribution < -0.4 is 14.4 Å². The topological polar surface area (TPSA) is 115 Å². The molecule has 1 N–H and O–H groups in total. The average molecular weight is 591 g/mol. The Labute approximate surface area is 249 Å². The summed E-state index contributed by atoms with van der Waals surface area (Å²) in [4.78, 5) is 45.5. The molecule has 42 heavy (non-hydrogen) atoms. The van der Waals surface area contributed by atoms with Gasteiger partial charge in [0.15, 0.2) is 5.13 Å². The molecule has 1 aromatic heterocycles. The van der Waals surface area contributed by atoms with Crippen LogP contribution in [0.1, 0.15) is 65.6 Å². The maximum Gasteiger partial charge on any atom is 0.350 e. The number of ether oxygens (including phenoxy) is 3. The number of thiazole rings is 1. The first-order valence-corrected chi connectivity index (χ1v) is 14.6. The van der Waals surface area contributed by atoms with Crippen LogP contribution in [0.25, 0.3) is 5.76 Å². The summed E-state index contributed by atoms with van der Waals surface area (Å²) in [5, 5.41) is 11.6. The average Bonchev–Trinajstić information content (AvgIpc) is 3.51. The number of unbranched alkanes of at least 4 members (excludes halogenated alkanes) is 1. The Morgan fingerprint density at radius 1 is 1.02 bits per heavy atom. The molecule has 1 fully saturated rings. The van der Waals surface area contributed by atoms with Gasteiger partial charge in [0.25, 0.3) is 5.78 Å². The highest BCUT2D eigenvalue weighted by Crippen LogP contribution is 2.44. The van der Waals surface area contributed by atoms with Gasteiger partial charge < -0.3 is 19.3 Å². The standard InChI is InChI=1S/C32H34N2O7S/c1-5-8-19-40-24-15-11-22(12-16-24)27(35)25-26(21-9-13-23(14-10-21)39-17-6-2)34(30(37)28(25)36)32-33-20(4)29(42-32)31(38)41-18-7-3/h7,9-16,26,35H,3,5-6,8,17-19H2,1-2,4H3/t26-/m1/s1. The van der Waals surface area contributed by atoms with Gasteiger partial charge in [0.2, 0.25) is 0 Å². The Bertz CT molecular complexity index is 1480. The zero-order chi connectivity index (χ0) is 30.2. The number of aryl methyl sites for hydroxylation is 1. The number of benzene rings is 2. The first-order chi connectivity index (χ1) is 20.3. The van der Waals surface area contributed by atoms with Gasteiger partial charge in [0.05, 0.1) is 30.5 Å². The van der Waals surface area contributed by atoms with Crippen LogP contribution in [0.4, 0.5) is 5.13 Å². The molecule has 1 atom stereocenters. The van der Waals surface area contributed by atoms with E-state index in [1.807, 2.05) is 6.92 Å². The zero-order valence-electron chi connectivity index (χ0n) is 23.9. The third-order valence-electron chi connectivity index (χ3n) is 6.52. The molecular weight excluding hydrogens is 556 g/mol. The van der Waals surface area contributed by atoms with Crippen LogP contribution in [-0.4, -0.2) is 47.6 Å². The number of carbonyl (C=O) groups excluding carboxylic acids is 3. The van der Waals surface area contributed by atoms with Crippen molar-refractivity contribution >= 4 is 39.9 Å². The molecule has 10 heteroatoms. The van der Waals surface area contributed by atoms with Crippen molar-refractivity contribution in [2.75, 3.05) is 24.7 Å². The summed E-state index contributed by atoms with van der Waals surface area (Å²) in [5.74, 6) is -1.40. The predicted octanol–water partition coefficient (Wildman–Crippen LogP) is 6.39. The number of ketones is 1. The van der Waals surface area contributed by atoms with E-state index in [4.69, 9.17) is 14.2 Å². The Hall–Kier alpha value is -4.44. The molecule has 2 aromatic carbocycles. The fourth-order valence-corrected chi connectivity index (χ4v) is 5.37. The Morgan fingerprint density at radius 3 is 2.29 bits per heavy atom. The minimum atomic E-state index is -1.01. The van der Waals surface area contributed by atoms with Crippen LogP contribution in [0.5, 0.6) is 11.5 Å². The van der Waals surface area contributed by atoms with Crippen molar-refractivity contribution in [1.82, 2.24) is 4.98 Å². The van der Waals surface area contributed by atoms with E-state index in [0.717, 1.165) is 30.6 Å². The zero-order valence-corrected chi connectivity index (χ0v) is 24.7. The number of amides is 1. The fourth-order valence-electron chi connectivity index (χ4n) is 4.39. The summed E-state index contributed by atoms with van der Waals surface area (Å²) in [6.45, 7) is 10.4. The number of rotatable bonds is 13. The lowest BCUT2D eigenvalue weighted by Crippen LogP contribution is -2.29. The number of carbonyl (C=O) groups is 3. The third kappa shape index (κ3) is 6.54. The predicted molar refractivity (Wildman–Crippen MR) is 161 cm³/mol. The second-order valence-corrected chi connectivity index (χ2v) is 10.6. The maximum atomic E-state index is 13.5. The van der Waals surface area contributed by atoms with E-state index in [1.165, 1.54) is 11.0 Å². The van der Waals surface area contributed by atoms with Crippen molar-refractivity contribution in [3.05, 3.63) is 88.5 Å². The van der Waals surface area contributed by atoms with Gasteiger partial charge >= 0.3 is 11.9 Å². The number of anilines is 1. The lowest BCUT2D eigenvalue weighted by atomic mass is 9.95. The molecule has 2 heterocycles. The molecule has 1 aliphatic rings. The van der Waals surface area contributed by atoms with Crippen molar-refractivity contribution in [2.45, 2.75) is 46.1 Å². The van der Waals surface area contributed by atoms with Crippen LogP contribution in [-0.2, 0) is 14.3 Å². The molecule has 0 saturated carbocycles. The lowest BCUT2D eigenvalue weighted by molar-refractivity contribution is -0.132. The van der Waals surface area contributed by atoms with E-state index in [0.29, 0.717) is 41.5 Å². The monoisotopic (exact) mass is 590 g/mol. The van der Waals surface area contributed by atoms with Gasteiger partial charge in [0, 0.05) is 5.56 Å². The summed E-state index contributed by atoms with van der Waals surface area (Å²) >= 11 is 0.942. The minimum absolute atomic E-state index is 0.0188. The normalized spacial score (nSPS) is 16.0. The Balaban J connectivity index is 1.78. The van der Waals surface area contributed by atoms with Crippen molar-refractivity contribution in [3.63, 3.8) is 0 Å². The van der Waals surface area contributed by atoms with E-state index in [-0.39, 0.29) is 27.9 Å². The molecule has 0 bridgehead atoms. The molecule has 3 aromatic rings. The number of aliphatic hydroxyl groups is 1. The van der Waals surface area contributed by atoms with Crippen LogP contribution in [0.3, 0.4) is 0 Å². The van der Waals surface area contributed by atoms with E-state index < -0.39 is 23.7 Å². The SMILES string of the molecule is C=CCOC(=O)c1sc(N2C(=O)C(=O)C(=C(O)c3ccc(OCCCC)cc3)[C@H]2c2ccc(OCCC)cc2)nc1C. The second-order valence-electron chi connectivity index (χ2n) is 9.61. The number of hydrogen-bond acceptors (Lipinski definition) is 9. The summed E-state index contributed by atoms with van der Waals surface area (Å²) < 4.78 is 16.6. The van der Waals surface area contributed by atoms with Gasteiger partial charge in [-0.2, -0.15) is 0 Å². The number of aliphatic hydroxyl groups excluding tert-OH is 1. The highest BCUT2D eigenvalue weighted by Gasteiger charge is 2.48. The second kappa shape index (κ2) is 14.0. The molecule has 0 aliphatic carbocycles. The quantitative estimate of drug-likeness (QED) is 0.0608. The minimum Gasteiger partial charge on any atom is -0.507 e.